The summed E-state index contributed by atoms with van der Waals surface area (Å²) < 4.78 is 27.2. The maximum atomic E-state index is 14.8. The number of hydrogen-bond donors (Lipinski definition) is 0. The van der Waals surface area contributed by atoms with Crippen molar-refractivity contribution >= 4 is 34.5 Å². The average Bonchev–Trinajstić information content (AvgIpc) is 2.96. The maximum Gasteiger partial charge on any atom is 0.410 e. The van der Waals surface area contributed by atoms with Crippen LogP contribution in [0.15, 0.2) is 41.3 Å². The first-order valence-corrected chi connectivity index (χ1v) is 15.3. The van der Waals surface area contributed by atoms with Gasteiger partial charge in [0.2, 0.25) is 0 Å². The van der Waals surface area contributed by atoms with Gasteiger partial charge in [-0.05, 0) is 70.4 Å². The summed E-state index contributed by atoms with van der Waals surface area (Å²) in [5.74, 6) is -0.204. The first kappa shape index (κ1) is 32.2. The lowest BCUT2D eigenvalue weighted by atomic mass is 10.0. The Labute approximate surface area is 266 Å². The minimum atomic E-state index is -0.622. The molecular formula is C33H38ClFN6O4. The molecule has 0 radical (unpaired) electrons. The highest BCUT2D eigenvalue weighted by Crippen LogP contribution is 2.39. The van der Waals surface area contributed by atoms with Crippen LogP contribution in [0.1, 0.15) is 58.7 Å². The highest BCUT2D eigenvalue weighted by Gasteiger charge is 2.33. The molecule has 10 nitrogen and oxygen atoms in total. The Kier molecular flexibility index (Phi) is 8.77. The first-order chi connectivity index (χ1) is 21.2. The first-order valence-electron chi connectivity index (χ1n) is 14.9. The minimum absolute atomic E-state index is 0.0123. The molecule has 0 saturated carbocycles. The Bertz CT molecular complexity index is 1840. The standard InChI is InChI=1S/C33H38ClFN6O4/c1-18(2)25-27(19(3)12-13-36-25)41-30-22(16-23(34)26(37-30)21-10-9-11-24(35)28(21)44-8)29(38-31(41)42)40-15-14-39(17-20(40)4)32(43)45-33(5,6)7/h9-13,16,18,20H,14-15,17H2,1-8H3. The third-order valence-electron chi connectivity index (χ3n) is 7.70. The quantitative estimate of drug-likeness (QED) is 0.244. The van der Waals surface area contributed by atoms with Crippen molar-refractivity contribution in [3.05, 3.63) is 69.1 Å². The number of rotatable bonds is 5. The second-order valence-electron chi connectivity index (χ2n) is 12.5. The van der Waals surface area contributed by atoms with Crippen molar-refractivity contribution in [3.63, 3.8) is 0 Å². The monoisotopic (exact) mass is 636 g/mol. The average molecular weight is 637 g/mol. The number of methoxy groups -OCH3 is 1. The molecule has 1 saturated heterocycles. The normalized spacial score (nSPS) is 15.6. The smallest absolute Gasteiger partial charge is 0.410 e. The van der Waals surface area contributed by atoms with Crippen LogP contribution in [-0.4, -0.2) is 68.9 Å². The van der Waals surface area contributed by atoms with Crippen molar-refractivity contribution in [1.82, 2.24) is 24.4 Å². The molecule has 1 atom stereocenters. The molecule has 4 heterocycles. The van der Waals surface area contributed by atoms with Crippen LogP contribution in [-0.2, 0) is 4.74 Å². The number of aromatic nitrogens is 4. The van der Waals surface area contributed by atoms with Gasteiger partial charge >= 0.3 is 11.8 Å². The van der Waals surface area contributed by atoms with Crippen molar-refractivity contribution in [3.8, 4) is 22.7 Å². The van der Waals surface area contributed by atoms with Gasteiger partial charge in [-0.25, -0.2) is 23.5 Å². The Morgan fingerprint density at radius 3 is 2.53 bits per heavy atom. The van der Waals surface area contributed by atoms with Gasteiger partial charge in [0.05, 0.1) is 34.6 Å². The number of carbonyl (C=O) groups excluding carboxylic acids is 1. The van der Waals surface area contributed by atoms with Gasteiger partial charge in [0.25, 0.3) is 0 Å². The molecule has 1 fully saturated rings. The number of nitrogens with zero attached hydrogens (tertiary/aromatic N) is 6. The molecule has 5 rings (SSSR count). The van der Waals surface area contributed by atoms with E-state index in [-0.39, 0.29) is 34.1 Å². The summed E-state index contributed by atoms with van der Waals surface area (Å²) in [5, 5.41) is 0.751. The van der Waals surface area contributed by atoms with Crippen LogP contribution in [0.25, 0.3) is 28.0 Å². The van der Waals surface area contributed by atoms with Crippen molar-refractivity contribution < 1.29 is 18.7 Å². The predicted octanol–water partition coefficient (Wildman–Crippen LogP) is 6.52. The lowest BCUT2D eigenvalue weighted by Gasteiger charge is -2.41. The van der Waals surface area contributed by atoms with E-state index in [1.165, 1.54) is 17.7 Å². The molecule has 0 aliphatic carbocycles. The molecule has 1 aliphatic heterocycles. The Morgan fingerprint density at radius 1 is 1.16 bits per heavy atom. The lowest BCUT2D eigenvalue weighted by Crippen LogP contribution is -2.55. The third-order valence-corrected chi connectivity index (χ3v) is 7.99. The van der Waals surface area contributed by atoms with Crippen LogP contribution in [0.5, 0.6) is 5.75 Å². The highest BCUT2D eigenvalue weighted by atomic mass is 35.5. The molecule has 238 valence electrons. The molecule has 1 aliphatic rings. The molecule has 12 heteroatoms. The number of anilines is 1. The van der Waals surface area contributed by atoms with E-state index in [1.54, 1.807) is 29.3 Å². The molecule has 3 aromatic heterocycles. The fourth-order valence-electron chi connectivity index (χ4n) is 5.67. The number of fused-ring (bicyclic) bond motifs is 1. The van der Waals surface area contributed by atoms with Crippen molar-refractivity contribution in [2.45, 2.75) is 66.0 Å². The zero-order valence-electron chi connectivity index (χ0n) is 26.8. The number of piperazine rings is 1. The van der Waals surface area contributed by atoms with Gasteiger partial charge in [-0.2, -0.15) is 4.98 Å². The van der Waals surface area contributed by atoms with E-state index in [9.17, 15) is 14.0 Å². The van der Waals surface area contributed by atoms with Crippen LogP contribution in [0.3, 0.4) is 0 Å². The van der Waals surface area contributed by atoms with Crippen LogP contribution in [0, 0.1) is 12.7 Å². The van der Waals surface area contributed by atoms with E-state index in [4.69, 9.17) is 26.1 Å². The number of benzene rings is 1. The molecule has 1 amide bonds. The second kappa shape index (κ2) is 12.3. The van der Waals surface area contributed by atoms with Crippen LogP contribution >= 0.6 is 11.6 Å². The Hall–Kier alpha value is -4.25. The molecule has 0 spiro atoms. The van der Waals surface area contributed by atoms with E-state index in [1.807, 2.05) is 59.4 Å². The molecule has 1 aromatic carbocycles. The van der Waals surface area contributed by atoms with E-state index in [0.717, 1.165) is 5.56 Å². The summed E-state index contributed by atoms with van der Waals surface area (Å²) in [6.45, 7) is 14.5. The van der Waals surface area contributed by atoms with Gasteiger partial charge in [0.1, 0.15) is 11.4 Å². The minimum Gasteiger partial charge on any atom is -0.493 e. The number of hydrogen-bond acceptors (Lipinski definition) is 8. The highest BCUT2D eigenvalue weighted by molar-refractivity contribution is 6.34. The van der Waals surface area contributed by atoms with E-state index in [0.29, 0.717) is 47.8 Å². The molecule has 0 bridgehead atoms. The number of ether oxygens (including phenoxy) is 2. The zero-order valence-corrected chi connectivity index (χ0v) is 27.6. The maximum absolute atomic E-state index is 14.8. The number of para-hydroxylation sites is 1. The summed E-state index contributed by atoms with van der Waals surface area (Å²) in [7, 11) is 1.38. The Morgan fingerprint density at radius 2 is 1.89 bits per heavy atom. The topological polar surface area (TPSA) is 103 Å². The molecule has 1 unspecified atom stereocenters. The van der Waals surface area contributed by atoms with Crippen molar-refractivity contribution in [2.24, 2.45) is 0 Å². The van der Waals surface area contributed by atoms with Gasteiger partial charge in [0.15, 0.2) is 17.2 Å². The van der Waals surface area contributed by atoms with Gasteiger partial charge < -0.3 is 19.3 Å². The van der Waals surface area contributed by atoms with Crippen LogP contribution in [0.2, 0.25) is 5.02 Å². The SMILES string of the molecule is COc1c(F)cccc1-c1nc2c(cc1Cl)c(N1CCN(C(=O)OC(C)(C)C)CC1C)nc(=O)n2-c1c(C)ccnc1C(C)C. The third kappa shape index (κ3) is 6.18. The van der Waals surface area contributed by atoms with E-state index < -0.39 is 23.2 Å². The number of pyridine rings is 2. The van der Waals surface area contributed by atoms with Gasteiger partial charge in [0, 0.05) is 37.4 Å². The number of aryl methyl sites for hydroxylation is 1. The zero-order chi connectivity index (χ0) is 32.8. The molecular weight excluding hydrogens is 599 g/mol. The van der Waals surface area contributed by atoms with Gasteiger partial charge in [-0.3, -0.25) is 4.98 Å². The summed E-state index contributed by atoms with van der Waals surface area (Å²) in [6, 6.07) is 7.83. The van der Waals surface area contributed by atoms with Crippen molar-refractivity contribution in [2.75, 3.05) is 31.6 Å². The Balaban J connectivity index is 1.75. The largest absolute Gasteiger partial charge is 0.493 e. The summed E-state index contributed by atoms with van der Waals surface area (Å²) >= 11 is 6.89. The predicted molar refractivity (Wildman–Crippen MR) is 173 cm³/mol. The second-order valence-corrected chi connectivity index (χ2v) is 13.0. The number of carbonyl (C=O) groups is 1. The lowest BCUT2D eigenvalue weighted by molar-refractivity contribution is 0.0218. The summed E-state index contributed by atoms with van der Waals surface area (Å²) in [4.78, 5) is 44.7. The summed E-state index contributed by atoms with van der Waals surface area (Å²) in [6.07, 6.45) is 1.32. The van der Waals surface area contributed by atoms with Crippen molar-refractivity contribution in [1.29, 1.82) is 0 Å². The number of amides is 1. The fourth-order valence-corrected chi connectivity index (χ4v) is 5.92. The molecule has 0 N–H and O–H groups in total. The van der Waals surface area contributed by atoms with E-state index >= 15 is 0 Å². The van der Waals surface area contributed by atoms with Gasteiger partial charge in [-0.1, -0.05) is 31.5 Å². The van der Waals surface area contributed by atoms with Gasteiger partial charge in [-0.15, -0.1) is 0 Å². The van der Waals surface area contributed by atoms with E-state index in [2.05, 4.69) is 9.97 Å². The molecule has 45 heavy (non-hydrogen) atoms. The summed E-state index contributed by atoms with van der Waals surface area (Å²) in [5.41, 5.74) is 1.80. The number of halogens is 2. The molecule has 4 aromatic rings. The fraction of sp³-hybridized carbons (Fsp3) is 0.424. The van der Waals surface area contributed by atoms with Crippen LogP contribution < -0.4 is 15.3 Å². The van der Waals surface area contributed by atoms with Crippen LogP contribution in [0.4, 0.5) is 15.0 Å².